The second-order valence-electron chi connectivity index (χ2n) is 20.6. The molecule has 50 nitrogen and oxygen atoms in total. The topological polar surface area (TPSA) is 947 Å². The van der Waals surface area contributed by atoms with Gasteiger partial charge in [0, 0.05) is 22.3 Å². The van der Waals surface area contributed by atoms with Crippen molar-refractivity contribution in [1.29, 1.82) is 0 Å². The smallest absolute Gasteiger partial charge is 0.545 e. The molecular weight excluding hydrogens is 1720 g/mol. The molecule has 0 aliphatic heterocycles. The Hall–Kier alpha value is -13.7. The number of rotatable bonds is 25. The van der Waals surface area contributed by atoms with Gasteiger partial charge in [0.2, 0.25) is 0 Å². The van der Waals surface area contributed by atoms with E-state index in [0.29, 0.717) is 72.8 Å². The molecule has 0 aliphatic carbocycles. The van der Waals surface area contributed by atoms with E-state index in [4.69, 9.17) is 102 Å². The molecule has 20 N–H and O–H groups in total. The van der Waals surface area contributed by atoms with Gasteiger partial charge in [-0.05, 0) is 78.4 Å². The number of hydrogen-bond acceptors (Lipinski definition) is 30. The molecule has 7 aromatic carbocycles. The zero-order valence-electron chi connectivity index (χ0n) is 61.0. The van der Waals surface area contributed by atoms with Crippen LogP contribution in [0.25, 0.3) is 0 Å². The zero-order chi connectivity index (χ0) is 90.9. The molecule has 0 spiro atoms. The number of carboxylic acids is 25. The van der Waals surface area contributed by atoms with Crippen molar-refractivity contribution in [1.82, 2.24) is 0 Å². The average molecular weight is 1760 g/mol. The van der Waals surface area contributed by atoms with Crippen LogP contribution >= 0.6 is 0 Å². The number of benzene rings is 7. The van der Waals surface area contributed by atoms with E-state index in [1.807, 2.05) is 0 Å². The predicted octanol–water partition coefficient (Wildman–Crippen LogP) is -17.4. The normalized spacial score (nSPS) is 9.31. The summed E-state index contributed by atoms with van der Waals surface area (Å²) in [6.45, 7) is 0. The third-order valence-corrected chi connectivity index (χ3v) is 13.4. The van der Waals surface area contributed by atoms with Crippen molar-refractivity contribution < 1.29 is 395 Å². The van der Waals surface area contributed by atoms with Crippen LogP contribution in [0.15, 0.2) is 103 Å². The van der Waals surface area contributed by atoms with E-state index in [-0.39, 0.29) is 153 Å². The second kappa shape index (κ2) is 51.6. The molecule has 55 heteroatoms. The van der Waals surface area contributed by atoms with Crippen molar-refractivity contribution in [3.05, 3.63) is 242 Å². The summed E-state index contributed by atoms with van der Waals surface area (Å²) in [7, 11) is 0. The van der Waals surface area contributed by atoms with E-state index in [1.54, 1.807) is 18.2 Å². The Kier molecular flexibility index (Phi) is 49.4. The first kappa shape index (κ1) is 117. The van der Waals surface area contributed by atoms with Gasteiger partial charge in [0.1, 0.15) is 0 Å². The van der Waals surface area contributed by atoms with Crippen LogP contribution < -0.4 is 173 Å². The summed E-state index contributed by atoms with van der Waals surface area (Å²) in [5.74, 6) is -42.3. The summed E-state index contributed by atoms with van der Waals surface area (Å²) < 4.78 is 0. The zero-order valence-corrected chi connectivity index (χ0v) is 71.0. The molecule has 610 valence electrons. The van der Waals surface area contributed by atoms with Gasteiger partial charge >= 0.3 is 267 Å². The van der Waals surface area contributed by atoms with Gasteiger partial charge in [-0.2, -0.15) is 0 Å². The maximum atomic E-state index is 10.8. The van der Waals surface area contributed by atoms with E-state index < -0.39 is 283 Å². The van der Waals surface area contributed by atoms with Gasteiger partial charge in [-0.3, -0.25) is 0 Å². The standard InChI is InChI=1S/6C10H6O8.C7H6O2.5Na/c6*11-7(12)3-1-4(8(13)14)6(10(17)18)2-5(3)9(15)16;8-7(9)6-4-2-1-3-5-6;;;;;/h6*1-2H,(H,11,12)(H,13,14)(H,15,16)(H,17,18);1-5H,(H,8,9);;;;;/q;;;;;;;5*+1/p-5. The molecule has 0 saturated heterocycles. The number of aromatic carboxylic acids is 25. The van der Waals surface area contributed by atoms with Gasteiger partial charge < -0.3 is 152 Å². The van der Waals surface area contributed by atoms with E-state index in [0.717, 1.165) is 0 Å². The minimum absolute atomic E-state index is 0. The van der Waals surface area contributed by atoms with E-state index in [2.05, 4.69) is 0 Å². The third kappa shape index (κ3) is 32.5. The molecule has 0 aromatic heterocycles. The molecule has 0 unspecified atom stereocenters. The number of carbonyl (C=O) groups is 25. The van der Waals surface area contributed by atoms with Crippen LogP contribution in [0.2, 0.25) is 0 Å². The summed E-state index contributed by atoms with van der Waals surface area (Å²) in [5.41, 5.74) is -19.6. The van der Waals surface area contributed by atoms with Gasteiger partial charge in [-0.15, -0.1) is 0 Å². The van der Waals surface area contributed by atoms with Crippen LogP contribution in [-0.4, -0.2) is 251 Å². The average Bonchev–Trinajstić information content (AvgIpc) is 0.832. The molecule has 0 aliphatic rings. The first-order chi connectivity index (χ1) is 53.8. The van der Waals surface area contributed by atoms with Crippen molar-refractivity contribution in [3.63, 3.8) is 0 Å². The molecule has 0 radical (unpaired) electrons. The SMILES string of the molecule is O=C(O)c1cc(C(=O)O)c(C(=O)O)cc1C(=O)O.O=C(O)c1cc(C(=O)O)c(C(=O)O)cc1C(=O)O.O=C(O)c1cc(C(=O)O)c(C(=O)O)cc1C(=O)O.O=C(O)c1cc(C(=O)O)c(C(=O)O)cc1C(=O)O.O=C(O)c1cc(C(=O)O)c(C(=O)O)cc1C(=O)O.O=C([O-])c1cc(C(=O)[O-])c(C(=O)[O-])cc1C(=O)[O-].O=C([O-])c1ccccc1.[Na+].[Na+].[Na+].[Na+].[Na+]. The Morgan fingerprint density at radius 1 is 0.139 bits per heavy atom. The van der Waals surface area contributed by atoms with Crippen molar-refractivity contribution in [3.8, 4) is 0 Å². The summed E-state index contributed by atoms with van der Waals surface area (Å²) in [4.78, 5) is 268. The van der Waals surface area contributed by atoms with Crippen molar-refractivity contribution in [2.24, 2.45) is 0 Å². The minimum Gasteiger partial charge on any atom is -0.545 e. The Morgan fingerprint density at radius 2 is 0.221 bits per heavy atom. The second-order valence-corrected chi connectivity index (χ2v) is 20.6. The fraction of sp³-hybridized carbons (Fsp3) is 0. The largest absolute Gasteiger partial charge is 1.00 e. The molecule has 0 fully saturated rings. The molecule has 7 rings (SSSR count). The van der Waals surface area contributed by atoms with Crippen LogP contribution in [-0.2, 0) is 0 Å². The fourth-order valence-corrected chi connectivity index (χ4v) is 8.39. The van der Waals surface area contributed by atoms with Gasteiger partial charge in [-0.1, -0.05) is 30.3 Å². The molecular formula is C67H37Na5O50. The minimum atomic E-state index is -2.00. The van der Waals surface area contributed by atoms with Gasteiger partial charge in [0.05, 0.1) is 141 Å². The van der Waals surface area contributed by atoms with E-state index >= 15 is 0 Å². The molecule has 122 heavy (non-hydrogen) atoms. The summed E-state index contributed by atoms with van der Waals surface area (Å²) in [5, 5.41) is 227. The van der Waals surface area contributed by atoms with Crippen molar-refractivity contribution in [2.75, 3.05) is 0 Å². The Balaban J connectivity index is -0.000000436. The Morgan fingerprint density at radius 3 is 0.279 bits per heavy atom. The number of carboxylic acid groups (broad SMARTS) is 25. The number of hydrogen-bond donors (Lipinski definition) is 20. The Bertz CT molecular complexity index is 4130. The van der Waals surface area contributed by atoms with E-state index in [1.165, 1.54) is 12.1 Å². The van der Waals surface area contributed by atoms with Crippen LogP contribution in [0.4, 0.5) is 0 Å². The van der Waals surface area contributed by atoms with Gasteiger partial charge in [0.25, 0.3) is 0 Å². The first-order valence-electron chi connectivity index (χ1n) is 28.7. The van der Waals surface area contributed by atoms with Crippen molar-refractivity contribution in [2.45, 2.75) is 0 Å². The van der Waals surface area contributed by atoms with Crippen LogP contribution in [0.1, 0.15) is 259 Å². The Labute approximate surface area is 779 Å². The van der Waals surface area contributed by atoms with Crippen molar-refractivity contribution >= 4 is 149 Å². The third-order valence-electron chi connectivity index (χ3n) is 13.4. The predicted molar refractivity (Wildman–Crippen MR) is 346 cm³/mol. The first-order valence-corrected chi connectivity index (χ1v) is 28.7. The molecule has 0 heterocycles. The molecule has 0 bridgehead atoms. The van der Waals surface area contributed by atoms with Crippen LogP contribution in [0, 0.1) is 0 Å². The monoisotopic (exact) mass is 1760 g/mol. The fourth-order valence-electron chi connectivity index (χ4n) is 8.39. The van der Waals surface area contributed by atoms with Crippen LogP contribution in [0.5, 0.6) is 0 Å². The van der Waals surface area contributed by atoms with Crippen LogP contribution in [0.3, 0.4) is 0 Å². The van der Waals surface area contributed by atoms with Gasteiger partial charge in [-0.25, -0.2) is 95.9 Å². The quantitative estimate of drug-likeness (QED) is 0.0236. The summed E-state index contributed by atoms with van der Waals surface area (Å²) in [6.07, 6.45) is 0. The molecule has 7 aromatic rings. The molecule has 0 atom stereocenters. The molecule has 0 saturated carbocycles. The number of carbonyl (C=O) groups excluding carboxylic acids is 5. The van der Waals surface area contributed by atoms with E-state index in [9.17, 15) is 145 Å². The maximum Gasteiger partial charge on any atom is 1.00 e. The summed E-state index contributed by atoms with van der Waals surface area (Å²) >= 11 is 0. The molecule has 0 amide bonds. The van der Waals surface area contributed by atoms with Gasteiger partial charge in [0.15, 0.2) is 0 Å². The summed E-state index contributed by atoms with van der Waals surface area (Å²) in [6, 6.07) is 13.8. The maximum absolute atomic E-state index is 10.8.